The molecule has 33 nitrogen and oxygen atoms in total. The molecule has 0 saturated heterocycles. The Balaban J connectivity index is 6.47. The van der Waals surface area contributed by atoms with Crippen LogP contribution in [0.15, 0.2) is 0 Å². The molecule has 0 aromatic heterocycles. The summed E-state index contributed by atoms with van der Waals surface area (Å²) in [6.07, 6.45) is -0.0260. The van der Waals surface area contributed by atoms with Crippen molar-refractivity contribution in [2.45, 2.75) is 199 Å². The molecule has 0 aromatic rings. The lowest BCUT2D eigenvalue weighted by Crippen LogP contribution is -2.62. The van der Waals surface area contributed by atoms with Gasteiger partial charge in [0, 0.05) is 6.42 Å². The summed E-state index contributed by atoms with van der Waals surface area (Å²) in [7, 11) is 0. The van der Waals surface area contributed by atoms with Gasteiger partial charge in [-0.2, -0.15) is 35.3 Å². The Morgan fingerprint density at radius 3 is 1.15 bits per heavy atom. The van der Waals surface area contributed by atoms with Crippen molar-refractivity contribution >= 4 is 124 Å². The first-order valence-electron chi connectivity index (χ1n) is 29.7. The summed E-state index contributed by atoms with van der Waals surface area (Å²) in [5.74, 6) is -16.7. The molecule has 36 heteroatoms. The van der Waals surface area contributed by atoms with Crippen molar-refractivity contribution in [3.05, 3.63) is 0 Å². The molecular formula is C56H97N13O20S3. The molecule has 12 amide bonds. The molecule has 0 rings (SSSR count). The van der Waals surface area contributed by atoms with Gasteiger partial charge in [-0.05, 0) is 107 Å². The number of nitrogens with one attached hydrogen (secondary N) is 12. The van der Waals surface area contributed by atoms with Crippen molar-refractivity contribution in [1.82, 2.24) is 63.8 Å². The van der Waals surface area contributed by atoms with Crippen molar-refractivity contribution in [1.29, 1.82) is 0 Å². The SMILES string of the molecule is CC[C@H](C)[C@H](N)C(=O)N[C@@H](C)C(=O)NCC(=O)N[C@@H](CCSC)C(=O)N[C@H](C(=O)N[C@@H](C)C(=O)N[C@@H](CCC(=O)O)C(=O)N[C@@H](CCSC)C(=O)N[C@H](C(=O)N[C@@H](CCSC)C(=O)N[C@H](C(=O)N[C@@H](CC(=O)O)C(=O)N[C@H](C(=O)O)[C@@H](C)O)C(C)C)[C@@H](C)O)C(C)C. The average molecular weight is 1370 g/mol. The van der Waals surface area contributed by atoms with E-state index in [0.29, 0.717) is 12.2 Å². The standard InChI is InChI=1S/C56H97N13O20S3/c1-14-27(6)40(57)52(84)59-28(7)45(77)58-24-37(72)61-33(17-20-90-11)48(80)66-41(25(2)3)53(85)60-29(8)46(78)62-32(15-16-38(73)74)47(79)63-34(18-21-91-12)50(82)68-43(30(9)70)55(87)64-35(19-22-92-13)49(81)67-42(26(4)5)54(86)65-36(23-39(75)76)51(83)69-44(31(10)71)56(88)89/h25-36,40-44,70-71H,14-24,57H2,1-13H3,(H,58,77)(H,59,84)(H,60,85)(H,61,72)(H,62,78)(H,63,79)(H,64,87)(H,65,86)(H,66,80)(H,67,81)(H,68,82)(H,69,83)(H,73,74)(H,75,76)(H,88,89)/t27-,28-,29-,30+,31+,32-,33-,34-,35-,36-,40-,41-,42-,43-,44-/m0/s1. The Hall–Kier alpha value is -7.02. The van der Waals surface area contributed by atoms with Crippen LogP contribution in [0.25, 0.3) is 0 Å². The maximum atomic E-state index is 14.1. The van der Waals surface area contributed by atoms with Crippen LogP contribution in [0.5, 0.6) is 0 Å². The first kappa shape index (κ1) is 85.0. The van der Waals surface area contributed by atoms with Gasteiger partial charge in [0.2, 0.25) is 70.9 Å². The highest BCUT2D eigenvalue weighted by atomic mass is 32.2. The third-order valence-corrected chi connectivity index (χ3v) is 16.1. The van der Waals surface area contributed by atoms with E-state index < -0.39 is 211 Å². The lowest BCUT2D eigenvalue weighted by Gasteiger charge is -2.29. The van der Waals surface area contributed by atoms with Crippen LogP contribution in [0, 0.1) is 17.8 Å². The minimum absolute atomic E-state index is 0.0844. The molecule has 0 unspecified atom stereocenters. The van der Waals surface area contributed by atoms with Crippen molar-refractivity contribution in [3.63, 3.8) is 0 Å². The van der Waals surface area contributed by atoms with Crippen molar-refractivity contribution in [2.75, 3.05) is 42.6 Å². The van der Waals surface area contributed by atoms with Gasteiger partial charge >= 0.3 is 17.9 Å². The Morgan fingerprint density at radius 2 is 0.739 bits per heavy atom. The third kappa shape index (κ3) is 31.5. The normalized spacial score (nSPS) is 16.1. The average Bonchev–Trinajstić information content (AvgIpc) is 1.44. The number of aliphatic carboxylic acids is 3. The Kier molecular flexibility index (Phi) is 40.4. The first-order chi connectivity index (χ1) is 42.9. The van der Waals surface area contributed by atoms with E-state index >= 15 is 0 Å². The molecule has 0 heterocycles. The predicted octanol–water partition coefficient (Wildman–Crippen LogP) is -4.39. The maximum absolute atomic E-state index is 14.1. The number of aliphatic hydroxyl groups is 2. The number of aliphatic hydroxyl groups excluding tert-OH is 2. The number of amides is 12. The van der Waals surface area contributed by atoms with Gasteiger partial charge in [-0.3, -0.25) is 67.1 Å². The highest BCUT2D eigenvalue weighted by Crippen LogP contribution is 2.13. The van der Waals surface area contributed by atoms with Crippen LogP contribution < -0.4 is 69.5 Å². The molecule has 0 aromatic carbocycles. The fraction of sp³-hybridized carbons (Fsp3) is 0.732. The molecule has 0 radical (unpaired) electrons. The molecule has 0 spiro atoms. The molecule has 92 heavy (non-hydrogen) atoms. The zero-order valence-corrected chi connectivity index (χ0v) is 56.7. The predicted molar refractivity (Wildman–Crippen MR) is 342 cm³/mol. The van der Waals surface area contributed by atoms with Crippen molar-refractivity contribution < 1.29 is 97.5 Å². The van der Waals surface area contributed by atoms with Crippen LogP contribution in [0.2, 0.25) is 0 Å². The van der Waals surface area contributed by atoms with Crippen LogP contribution in [0.1, 0.15) is 114 Å². The summed E-state index contributed by atoms with van der Waals surface area (Å²) in [6, 6.07) is -17.7. The summed E-state index contributed by atoms with van der Waals surface area (Å²) < 4.78 is 0. The number of hydrogen-bond donors (Lipinski definition) is 18. The molecule has 19 N–H and O–H groups in total. The number of carbonyl (C=O) groups excluding carboxylic acids is 12. The number of carboxylic acid groups (broad SMARTS) is 3. The Morgan fingerprint density at radius 1 is 0.391 bits per heavy atom. The summed E-state index contributed by atoms with van der Waals surface area (Å²) in [6.45, 7) is 14.0. The smallest absolute Gasteiger partial charge is 0.328 e. The molecule has 0 saturated carbocycles. The van der Waals surface area contributed by atoms with Crippen LogP contribution >= 0.6 is 35.3 Å². The number of rotatable bonds is 45. The van der Waals surface area contributed by atoms with Crippen molar-refractivity contribution in [3.8, 4) is 0 Å². The second-order valence-electron chi connectivity index (χ2n) is 22.6. The monoisotopic (exact) mass is 1370 g/mol. The van der Waals surface area contributed by atoms with Gasteiger partial charge in [0.05, 0.1) is 31.2 Å². The fourth-order valence-electron chi connectivity index (χ4n) is 8.23. The summed E-state index contributed by atoms with van der Waals surface area (Å²) in [5.41, 5.74) is 5.96. The van der Waals surface area contributed by atoms with Gasteiger partial charge in [0.15, 0.2) is 6.04 Å². The van der Waals surface area contributed by atoms with Crippen LogP contribution in [0.3, 0.4) is 0 Å². The van der Waals surface area contributed by atoms with Crippen LogP contribution in [-0.4, -0.2) is 242 Å². The fourth-order valence-corrected chi connectivity index (χ4v) is 9.64. The quantitative estimate of drug-likeness (QED) is 0.0274. The minimum Gasteiger partial charge on any atom is -0.481 e. The van der Waals surface area contributed by atoms with Crippen LogP contribution in [-0.2, 0) is 71.9 Å². The summed E-state index contributed by atoms with van der Waals surface area (Å²) in [5, 5.41) is 78.0. The molecule has 0 fully saturated rings. The second-order valence-corrected chi connectivity index (χ2v) is 25.5. The largest absolute Gasteiger partial charge is 0.481 e. The molecule has 0 aliphatic heterocycles. The minimum atomic E-state index is -1.90. The number of thioether (sulfide) groups is 3. The molecular weight excluding hydrogens is 1270 g/mol. The Labute approximate surface area is 548 Å². The van der Waals surface area contributed by atoms with Gasteiger partial charge in [0.25, 0.3) is 0 Å². The van der Waals surface area contributed by atoms with E-state index in [0.717, 1.165) is 13.8 Å². The van der Waals surface area contributed by atoms with E-state index in [1.807, 2.05) is 12.2 Å². The number of carbonyl (C=O) groups is 15. The molecule has 15 atom stereocenters. The maximum Gasteiger partial charge on any atom is 0.328 e. The Bertz CT molecular complexity index is 2530. The molecule has 0 aliphatic carbocycles. The summed E-state index contributed by atoms with van der Waals surface area (Å²) >= 11 is 3.84. The van der Waals surface area contributed by atoms with Gasteiger partial charge in [-0.1, -0.05) is 48.0 Å². The highest BCUT2D eigenvalue weighted by Gasteiger charge is 2.38. The molecule has 524 valence electrons. The third-order valence-electron chi connectivity index (χ3n) is 14.1. The van der Waals surface area contributed by atoms with E-state index in [4.69, 9.17) is 5.73 Å². The zero-order valence-electron chi connectivity index (χ0n) is 54.3. The van der Waals surface area contributed by atoms with E-state index in [-0.39, 0.29) is 36.7 Å². The zero-order chi connectivity index (χ0) is 70.9. The van der Waals surface area contributed by atoms with Crippen molar-refractivity contribution in [2.24, 2.45) is 23.5 Å². The number of carboxylic acids is 3. The van der Waals surface area contributed by atoms with E-state index in [9.17, 15) is 97.5 Å². The number of nitrogens with two attached hydrogens (primary N) is 1. The lowest BCUT2D eigenvalue weighted by atomic mass is 9.99. The first-order valence-corrected chi connectivity index (χ1v) is 33.9. The molecule has 0 bridgehead atoms. The topological polar surface area (TPSA) is 528 Å². The summed E-state index contributed by atoms with van der Waals surface area (Å²) in [4.78, 5) is 197. The van der Waals surface area contributed by atoms with Gasteiger partial charge < -0.3 is 95.1 Å². The van der Waals surface area contributed by atoms with Gasteiger partial charge in [-0.25, -0.2) is 4.79 Å². The second kappa shape index (κ2) is 43.7. The van der Waals surface area contributed by atoms with Gasteiger partial charge in [0.1, 0.15) is 60.4 Å². The highest BCUT2D eigenvalue weighted by molar-refractivity contribution is 7.99. The molecule has 0 aliphatic rings. The lowest BCUT2D eigenvalue weighted by molar-refractivity contribution is -0.146. The van der Waals surface area contributed by atoms with Gasteiger partial charge in [-0.15, -0.1) is 0 Å². The van der Waals surface area contributed by atoms with E-state index in [2.05, 4.69) is 58.5 Å². The van der Waals surface area contributed by atoms with Crippen LogP contribution in [0.4, 0.5) is 0 Å². The number of hydrogen-bond acceptors (Lipinski definition) is 21. The van der Waals surface area contributed by atoms with E-state index in [1.54, 1.807) is 39.5 Å². The van der Waals surface area contributed by atoms with E-state index in [1.165, 1.54) is 63.0 Å².